The molecule has 0 saturated heterocycles. The van der Waals surface area contributed by atoms with Gasteiger partial charge in [0.2, 0.25) is 6.23 Å². The molecule has 1 aromatic carbocycles. The molecule has 1 aromatic rings. The number of methoxy groups -OCH3 is 1. The van der Waals surface area contributed by atoms with Crippen molar-refractivity contribution in [2.45, 2.75) is 84.8 Å². The molecule has 0 aromatic heterocycles. The minimum absolute atomic E-state index is 0.0692. The van der Waals surface area contributed by atoms with E-state index in [-0.39, 0.29) is 6.42 Å². The summed E-state index contributed by atoms with van der Waals surface area (Å²) in [6, 6.07) is -0.777. The molecule has 1 aliphatic rings. The molecule has 182 valence electrons. The minimum Gasteiger partial charge on any atom is -0.496 e. The molecule has 0 radical (unpaired) electrons. The number of amides is 2. The zero-order chi connectivity index (χ0) is 24.5. The number of nitrogens with two attached hydrogens (primary N) is 1. The van der Waals surface area contributed by atoms with Crippen LogP contribution in [0.4, 0.5) is 4.79 Å². The summed E-state index contributed by atoms with van der Waals surface area (Å²) < 4.78 is 11.2. The quantitative estimate of drug-likeness (QED) is 0.222. The van der Waals surface area contributed by atoms with Gasteiger partial charge in [0.25, 0.3) is 0 Å². The van der Waals surface area contributed by atoms with Crippen LogP contribution in [0, 0.1) is 6.92 Å². The lowest BCUT2D eigenvalue weighted by Crippen LogP contribution is -2.33. The number of fused-ring (bicyclic) bond motifs is 1. The molecule has 8 nitrogen and oxygen atoms in total. The molecule has 0 spiro atoms. The van der Waals surface area contributed by atoms with Crippen LogP contribution >= 0.6 is 0 Å². The number of ether oxygens (including phenoxy) is 2. The van der Waals surface area contributed by atoms with Crippen LogP contribution in [0.5, 0.6) is 5.75 Å². The maximum atomic E-state index is 12.9. The summed E-state index contributed by atoms with van der Waals surface area (Å²) in [5.41, 5.74) is 9.82. The summed E-state index contributed by atoms with van der Waals surface area (Å²) in [6.07, 6.45) is 8.16. The van der Waals surface area contributed by atoms with E-state index in [0.29, 0.717) is 36.1 Å². The Morgan fingerprint density at radius 1 is 1.18 bits per heavy atom. The fourth-order valence-corrected chi connectivity index (χ4v) is 4.36. The number of hydrogen-bond acceptors (Lipinski definition) is 5. The van der Waals surface area contributed by atoms with Crippen molar-refractivity contribution >= 4 is 18.0 Å². The van der Waals surface area contributed by atoms with E-state index in [2.05, 4.69) is 12.2 Å². The van der Waals surface area contributed by atoms with Gasteiger partial charge in [-0.05, 0) is 45.1 Å². The lowest BCUT2D eigenvalue weighted by molar-refractivity contribution is -0.136. The highest BCUT2D eigenvalue weighted by Crippen LogP contribution is 2.42. The van der Waals surface area contributed by atoms with Gasteiger partial charge >= 0.3 is 18.0 Å². The number of rotatable bonds is 13. The van der Waals surface area contributed by atoms with E-state index in [0.717, 1.165) is 47.9 Å². The summed E-state index contributed by atoms with van der Waals surface area (Å²) in [5.74, 6) is -0.669. The molecule has 2 rings (SSSR count). The highest BCUT2D eigenvalue weighted by Gasteiger charge is 2.38. The largest absolute Gasteiger partial charge is 0.496 e. The number of unbranched alkanes of at least 4 members (excludes halogenated alkanes) is 4. The van der Waals surface area contributed by atoms with Gasteiger partial charge in [-0.25, -0.2) is 9.59 Å². The number of primary amides is 1. The molecule has 0 bridgehead atoms. The highest BCUT2D eigenvalue weighted by molar-refractivity contribution is 5.97. The lowest BCUT2D eigenvalue weighted by Gasteiger charge is -2.21. The van der Waals surface area contributed by atoms with Gasteiger partial charge in [-0.1, -0.05) is 44.3 Å². The van der Waals surface area contributed by atoms with Gasteiger partial charge < -0.3 is 20.3 Å². The number of aliphatic carboxylic acids is 1. The van der Waals surface area contributed by atoms with E-state index >= 15 is 0 Å². The number of hydrogen-bond donors (Lipinski definition) is 3. The van der Waals surface area contributed by atoms with Crippen LogP contribution in [0.3, 0.4) is 0 Å². The number of cyclic esters (lactones) is 1. The maximum absolute atomic E-state index is 12.9. The molecular formula is C25H36N2O6. The Kier molecular flexibility index (Phi) is 9.75. The van der Waals surface area contributed by atoms with E-state index < -0.39 is 24.2 Å². The molecule has 1 heterocycles. The first-order valence-electron chi connectivity index (χ1n) is 11.6. The Hall–Kier alpha value is -3.03. The first kappa shape index (κ1) is 26.2. The van der Waals surface area contributed by atoms with Gasteiger partial charge in [0.1, 0.15) is 5.75 Å². The fraction of sp³-hybridized carbons (Fsp3) is 0.560. The Morgan fingerprint density at radius 3 is 2.48 bits per heavy atom. The van der Waals surface area contributed by atoms with Crippen molar-refractivity contribution in [3.8, 4) is 5.75 Å². The topological polar surface area (TPSA) is 128 Å². The molecule has 0 aliphatic carbocycles. The first-order chi connectivity index (χ1) is 15.7. The molecular weight excluding hydrogens is 424 g/mol. The molecule has 1 atom stereocenters. The first-order valence-corrected chi connectivity index (χ1v) is 11.6. The third kappa shape index (κ3) is 6.73. The van der Waals surface area contributed by atoms with E-state index in [9.17, 15) is 14.4 Å². The van der Waals surface area contributed by atoms with E-state index in [1.54, 1.807) is 7.11 Å². The van der Waals surface area contributed by atoms with Gasteiger partial charge in [-0.3, -0.25) is 10.1 Å². The molecule has 2 amide bonds. The Labute approximate surface area is 195 Å². The Morgan fingerprint density at radius 2 is 1.88 bits per heavy atom. The van der Waals surface area contributed by atoms with Crippen LogP contribution < -0.4 is 15.8 Å². The summed E-state index contributed by atoms with van der Waals surface area (Å²) in [6.45, 7) is 5.91. The maximum Gasteiger partial charge on any atom is 0.341 e. The van der Waals surface area contributed by atoms with Gasteiger partial charge in [0.15, 0.2) is 0 Å². The Balaban J connectivity index is 2.51. The number of carbonyl (C=O) groups excluding carboxylic acids is 2. The number of carbonyl (C=O) groups is 3. The SMILES string of the molecule is CCCCCCCc1c(CC=C(C)CCC(=O)O)c(OC)c(C)c2c1C(=O)OC2NC(N)=O. The van der Waals surface area contributed by atoms with E-state index in [1.165, 1.54) is 6.42 Å². The number of benzene rings is 1. The standard InChI is InChI=1S/C25H36N2O6/c1-5-6-7-8-9-10-17-18(13-11-15(2)12-14-19(28)29)22(32-4)16(3)20-21(17)24(30)33-23(20)27-25(26)31/h11,23H,5-10,12-14H2,1-4H3,(H,28,29)(H3,26,27,31). The second-order valence-electron chi connectivity index (χ2n) is 8.51. The molecule has 33 heavy (non-hydrogen) atoms. The van der Waals surface area contributed by atoms with Gasteiger partial charge in [0.05, 0.1) is 12.7 Å². The van der Waals surface area contributed by atoms with E-state index in [4.69, 9.17) is 20.3 Å². The number of nitrogens with one attached hydrogen (secondary N) is 1. The third-order valence-electron chi connectivity index (χ3n) is 6.04. The van der Waals surface area contributed by atoms with Crippen molar-refractivity contribution in [1.82, 2.24) is 5.32 Å². The second-order valence-corrected chi connectivity index (χ2v) is 8.51. The Bertz CT molecular complexity index is 922. The molecule has 8 heteroatoms. The average Bonchev–Trinajstić information content (AvgIpc) is 3.07. The molecule has 0 fully saturated rings. The van der Waals surface area contributed by atoms with Crippen molar-refractivity contribution in [2.75, 3.05) is 7.11 Å². The monoisotopic (exact) mass is 460 g/mol. The van der Waals surface area contributed by atoms with Crippen molar-refractivity contribution < 1.29 is 29.0 Å². The van der Waals surface area contributed by atoms with Crippen LogP contribution in [0.15, 0.2) is 11.6 Å². The van der Waals surface area contributed by atoms with Gasteiger partial charge in [-0.2, -0.15) is 0 Å². The normalized spacial score (nSPS) is 15.2. The number of esters is 1. The predicted octanol–water partition coefficient (Wildman–Crippen LogP) is 4.71. The van der Waals surface area contributed by atoms with Crippen LogP contribution in [-0.4, -0.2) is 30.2 Å². The zero-order valence-corrected chi connectivity index (χ0v) is 20.1. The van der Waals surface area contributed by atoms with Crippen LogP contribution in [0.2, 0.25) is 0 Å². The van der Waals surface area contributed by atoms with Crippen LogP contribution in [-0.2, 0) is 22.4 Å². The van der Waals surface area contributed by atoms with Crippen molar-refractivity contribution in [1.29, 1.82) is 0 Å². The zero-order valence-electron chi connectivity index (χ0n) is 20.1. The molecule has 1 aliphatic heterocycles. The summed E-state index contributed by atoms with van der Waals surface area (Å²) in [5, 5.41) is 11.5. The van der Waals surface area contributed by atoms with Crippen molar-refractivity contribution in [2.24, 2.45) is 5.73 Å². The molecule has 4 N–H and O–H groups in total. The molecule has 0 saturated carbocycles. The third-order valence-corrected chi connectivity index (χ3v) is 6.04. The number of carboxylic acid groups (broad SMARTS) is 1. The predicted molar refractivity (Wildman–Crippen MR) is 125 cm³/mol. The summed E-state index contributed by atoms with van der Waals surface area (Å²) in [7, 11) is 1.58. The summed E-state index contributed by atoms with van der Waals surface area (Å²) >= 11 is 0. The number of urea groups is 1. The number of carboxylic acids is 1. The molecule has 1 unspecified atom stereocenters. The van der Waals surface area contributed by atoms with Crippen molar-refractivity contribution in [3.63, 3.8) is 0 Å². The fourth-order valence-electron chi connectivity index (χ4n) is 4.36. The minimum atomic E-state index is -0.945. The van der Waals surface area contributed by atoms with Gasteiger partial charge in [-0.15, -0.1) is 0 Å². The van der Waals surface area contributed by atoms with Crippen molar-refractivity contribution in [3.05, 3.63) is 39.5 Å². The highest BCUT2D eigenvalue weighted by atomic mass is 16.6. The van der Waals surface area contributed by atoms with Gasteiger partial charge in [0, 0.05) is 23.1 Å². The van der Waals surface area contributed by atoms with E-state index in [1.807, 2.05) is 19.9 Å². The van der Waals surface area contributed by atoms with Crippen LogP contribution in [0.25, 0.3) is 0 Å². The smallest absolute Gasteiger partial charge is 0.341 e. The summed E-state index contributed by atoms with van der Waals surface area (Å²) in [4.78, 5) is 35.3. The average molecular weight is 461 g/mol. The second kappa shape index (κ2) is 12.3. The number of allylic oxidation sites excluding steroid dienone is 2. The lowest BCUT2D eigenvalue weighted by atomic mass is 9.86. The van der Waals surface area contributed by atoms with Crippen LogP contribution in [0.1, 0.15) is 97.6 Å².